The summed E-state index contributed by atoms with van der Waals surface area (Å²) in [6.07, 6.45) is 3.01. The van der Waals surface area contributed by atoms with Crippen molar-refractivity contribution in [2.24, 2.45) is 0 Å². The minimum atomic E-state index is -0.511. The molecule has 0 aliphatic rings. The van der Waals surface area contributed by atoms with Gasteiger partial charge in [0.15, 0.2) is 0 Å². The molecule has 5 heteroatoms. The van der Waals surface area contributed by atoms with Crippen molar-refractivity contribution in [3.8, 4) is 0 Å². The lowest BCUT2D eigenvalue weighted by Crippen LogP contribution is -2.22. The molecule has 0 atom stereocenters. The summed E-state index contributed by atoms with van der Waals surface area (Å²) in [4.78, 5) is 24.6. The van der Waals surface area contributed by atoms with Crippen molar-refractivity contribution in [2.75, 3.05) is 6.61 Å². The third kappa shape index (κ3) is 5.17. The maximum atomic E-state index is 11.7. The van der Waals surface area contributed by atoms with Gasteiger partial charge in [-0.25, -0.2) is 9.59 Å². The summed E-state index contributed by atoms with van der Waals surface area (Å²) in [5.41, 5.74) is 0.334. The number of thiophene rings is 1. The first kappa shape index (κ1) is 16.4. The number of aryl methyl sites for hydroxylation is 1. The van der Waals surface area contributed by atoms with Crippen LogP contribution in [0.3, 0.4) is 0 Å². The van der Waals surface area contributed by atoms with Gasteiger partial charge in [-0.05, 0) is 52.3 Å². The summed E-state index contributed by atoms with van der Waals surface area (Å²) in [6.45, 7) is 9.39. The molecule has 1 aromatic heterocycles. The monoisotopic (exact) mass is 296 g/mol. The Balaban J connectivity index is 2.77. The minimum Gasteiger partial charge on any atom is -0.462 e. The van der Waals surface area contributed by atoms with E-state index in [4.69, 9.17) is 9.47 Å². The second-order valence-electron chi connectivity index (χ2n) is 5.25. The van der Waals surface area contributed by atoms with Gasteiger partial charge >= 0.3 is 11.9 Å². The minimum absolute atomic E-state index is 0.327. The van der Waals surface area contributed by atoms with Crippen LogP contribution in [0.1, 0.15) is 47.8 Å². The number of carbonyl (C=O) groups is 2. The van der Waals surface area contributed by atoms with Gasteiger partial charge in [-0.3, -0.25) is 0 Å². The molecule has 0 amide bonds. The van der Waals surface area contributed by atoms with Crippen LogP contribution in [-0.4, -0.2) is 24.1 Å². The van der Waals surface area contributed by atoms with Gasteiger partial charge in [-0.1, -0.05) is 0 Å². The highest BCUT2D eigenvalue weighted by Gasteiger charge is 2.15. The molecule has 20 heavy (non-hydrogen) atoms. The summed E-state index contributed by atoms with van der Waals surface area (Å²) in [6, 6.07) is 1.85. The SMILES string of the molecule is CCOC(=O)c1sc(C=CC(=O)OC(C)(C)C)cc1C. The molecule has 0 aromatic carbocycles. The topological polar surface area (TPSA) is 52.6 Å². The van der Waals surface area contributed by atoms with E-state index in [0.717, 1.165) is 10.4 Å². The maximum absolute atomic E-state index is 11.7. The average molecular weight is 296 g/mol. The van der Waals surface area contributed by atoms with Gasteiger partial charge < -0.3 is 9.47 Å². The normalized spacial score (nSPS) is 11.7. The van der Waals surface area contributed by atoms with E-state index in [2.05, 4.69) is 0 Å². The molecule has 110 valence electrons. The fourth-order valence-electron chi connectivity index (χ4n) is 1.47. The van der Waals surface area contributed by atoms with Crippen LogP contribution >= 0.6 is 11.3 Å². The quantitative estimate of drug-likeness (QED) is 0.629. The maximum Gasteiger partial charge on any atom is 0.348 e. The summed E-state index contributed by atoms with van der Waals surface area (Å²) in [7, 11) is 0. The van der Waals surface area contributed by atoms with Crippen molar-refractivity contribution >= 4 is 29.4 Å². The van der Waals surface area contributed by atoms with Crippen LogP contribution in [0.2, 0.25) is 0 Å². The number of hydrogen-bond acceptors (Lipinski definition) is 5. The Kier molecular flexibility index (Phi) is 5.51. The van der Waals surface area contributed by atoms with E-state index in [0.29, 0.717) is 11.5 Å². The highest BCUT2D eigenvalue weighted by atomic mass is 32.1. The van der Waals surface area contributed by atoms with Gasteiger partial charge in [0, 0.05) is 11.0 Å². The Morgan fingerprint density at radius 1 is 1.35 bits per heavy atom. The van der Waals surface area contributed by atoms with Crippen LogP contribution in [-0.2, 0) is 14.3 Å². The number of carbonyl (C=O) groups excluding carboxylic acids is 2. The summed E-state index contributed by atoms with van der Waals surface area (Å²) in [5, 5.41) is 0. The van der Waals surface area contributed by atoms with E-state index >= 15 is 0 Å². The zero-order valence-corrected chi connectivity index (χ0v) is 13.3. The Labute approximate surface area is 123 Å². The molecule has 0 aliphatic heterocycles. The van der Waals surface area contributed by atoms with Gasteiger partial charge in [0.1, 0.15) is 10.5 Å². The molecule has 1 rings (SSSR count). The number of esters is 2. The number of hydrogen-bond donors (Lipinski definition) is 0. The molecule has 1 heterocycles. The first-order valence-electron chi connectivity index (χ1n) is 6.41. The molecule has 0 fully saturated rings. The van der Waals surface area contributed by atoms with Crippen LogP contribution in [0.25, 0.3) is 6.08 Å². The molecule has 0 radical (unpaired) electrons. The van der Waals surface area contributed by atoms with E-state index < -0.39 is 11.6 Å². The molecule has 0 saturated heterocycles. The van der Waals surface area contributed by atoms with Crippen molar-refractivity contribution in [3.05, 3.63) is 27.5 Å². The number of rotatable bonds is 4. The third-order valence-corrected chi connectivity index (χ3v) is 3.37. The lowest BCUT2D eigenvalue weighted by Gasteiger charge is -2.17. The molecule has 0 N–H and O–H groups in total. The van der Waals surface area contributed by atoms with Gasteiger partial charge in [-0.15, -0.1) is 11.3 Å². The fourth-order valence-corrected chi connectivity index (χ4v) is 2.44. The van der Waals surface area contributed by atoms with E-state index in [9.17, 15) is 9.59 Å². The second kappa shape index (κ2) is 6.70. The molecule has 0 saturated carbocycles. The molecule has 1 aromatic rings. The molecular weight excluding hydrogens is 276 g/mol. The lowest BCUT2D eigenvalue weighted by molar-refractivity contribution is -0.148. The highest BCUT2D eigenvalue weighted by Crippen LogP contribution is 2.24. The Hall–Kier alpha value is -1.62. The van der Waals surface area contributed by atoms with Gasteiger partial charge in [0.05, 0.1) is 6.61 Å². The largest absolute Gasteiger partial charge is 0.462 e. The molecular formula is C15H20O4S. The van der Waals surface area contributed by atoms with Crippen molar-refractivity contribution < 1.29 is 19.1 Å². The van der Waals surface area contributed by atoms with Crippen molar-refractivity contribution in [2.45, 2.75) is 40.2 Å². The van der Waals surface area contributed by atoms with E-state index in [1.165, 1.54) is 17.4 Å². The fraction of sp³-hybridized carbons (Fsp3) is 0.467. The molecule has 0 aliphatic carbocycles. The predicted molar refractivity (Wildman–Crippen MR) is 79.9 cm³/mol. The number of ether oxygens (including phenoxy) is 2. The summed E-state index contributed by atoms with van der Waals surface area (Å²) < 4.78 is 10.1. The van der Waals surface area contributed by atoms with Crippen LogP contribution in [0, 0.1) is 6.92 Å². The Bertz CT molecular complexity index is 520. The highest BCUT2D eigenvalue weighted by molar-refractivity contribution is 7.15. The van der Waals surface area contributed by atoms with Crippen LogP contribution < -0.4 is 0 Å². The van der Waals surface area contributed by atoms with E-state index in [-0.39, 0.29) is 5.97 Å². The van der Waals surface area contributed by atoms with Gasteiger partial charge in [-0.2, -0.15) is 0 Å². The Morgan fingerprint density at radius 2 is 2.00 bits per heavy atom. The van der Waals surface area contributed by atoms with Gasteiger partial charge in [0.2, 0.25) is 0 Å². The molecule has 0 bridgehead atoms. The van der Waals surface area contributed by atoms with E-state index in [1.54, 1.807) is 13.0 Å². The van der Waals surface area contributed by atoms with Crippen LogP contribution in [0.5, 0.6) is 0 Å². The zero-order chi connectivity index (χ0) is 15.3. The zero-order valence-electron chi connectivity index (χ0n) is 12.5. The predicted octanol–water partition coefficient (Wildman–Crippen LogP) is 3.59. The van der Waals surface area contributed by atoms with E-state index in [1.807, 2.05) is 33.8 Å². The lowest BCUT2D eigenvalue weighted by atomic mass is 10.2. The van der Waals surface area contributed by atoms with Crippen LogP contribution in [0.15, 0.2) is 12.1 Å². The van der Waals surface area contributed by atoms with Crippen LogP contribution in [0.4, 0.5) is 0 Å². The smallest absolute Gasteiger partial charge is 0.348 e. The first-order chi connectivity index (χ1) is 9.23. The van der Waals surface area contributed by atoms with Crippen molar-refractivity contribution in [3.63, 3.8) is 0 Å². The summed E-state index contributed by atoms with van der Waals surface area (Å²) >= 11 is 1.30. The summed E-state index contributed by atoms with van der Waals surface area (Å²) in [5.74, 6) is -0.729. The van der Waals surface area contributed by atoms with Crippen molar-refractivity contribution in [1.82, 2.24) is 0 Å². The van der Waals surface area contributed by atoms with Gasteiger partial charge in [0.25, 0.3) is 0 Å². The molecule has 0 spiro atoms. The first-order valence-corrected chi connectivity index (χ1v) is 7.23. The molecule has 4 nitrogen and oxygen atoms in total. The van der Waals surface area contributed by atoms with Crippen molar-refractivity contribution in [1.29, 1.82) is 0 Å². The molecule has 0 unspecified atom stereocenters. The third-order valence-electron chi connectivity index (χ3n) is 2.19. The standard InChI is InChI=1S/C15H20O4S/c1-6-18-14(17)13-10(2)9-11(20-13)7-8-12(16)19-15(3,4)5/h7-9H,6H2,1-5H3. The second-order valence-corrected chi connectivity index (χ2v) is 6.33. The average Bonchev–Trinajstić information content (AvgIpc) is 2.66. The Morgan fingerprint density at radius 3 is 2.55 bits per heavy atom.